The van der Waals surface area contributed by atoms with Gasteiger partial charge in [0.1, 0.15) is 5.82 Å². The zero-order valence-corrected chi connectivity index (χ0v) is 11.3. The lowest BCUT2D eigenvalue weighted by molar-refractivity contribution is 0.336. The Hall–Kier alpha value is -1.72. The van der Waals surface area contributed by atoms with Crippen molar-refractivity contribution < 1.29 is 4.39 Å². The summed E-state index contributed by atoms with van der Waals surface area (Å²) < 4.78 is 14.8. The zero-order valence-electron chi connectivity index (χ0n) is 11.3. The van der Waals surface area contributed by atoms with Crippen LogP contribution in [0.1, 0.15) is 5.56 Å². The molecule has 0 radical (unpaired) electrons. The van der Waals surface area contributed by atoms with E-state index < -0.39 is 0 Å². The minimum atomic E-state index is -0.235. The van der Waals surface area contributed by atoms with Crippen LogP contribution in [0, 0.1) is 5.82 Å². The molecule has 1 aromatic heterocycles. The van der Waals surface area contributed by atoms with Gasteiger partial charge in [-0.2, -0.15) is 5.10 Å². The molecule has 0 saturated heterocycles. The molecular formula is C14H19FN4. The Morgan fingerprint density at radius 2 is 2.00 bits per heavy atom. The van der Waals surface area contributed by atoms with E-state index in [0.29, 0.717) is 6.54 Å². The first-order valence-corrected chi connectivity index (χ1v) is 6.27. The standard InChI is InChI=1S/C14H19FN4/c1-18(8-7-16)9-12-10-19(2)17-14(12)11-3-5-13(15)6-4-11/h3-6,10H,7-9,16H2,1-2H3. The van der Waals surface area contributed by atoms with E-state index in [1.807, 2.05) is 20.3 Å². The van der Waals surface area contributed by atoms with Gasteiger partial charge in [0.2, 0.25) is 0 Å². The molecule has 1 heterocycles. The van der Waals surface area contributed by atoms with E-state index in [9.17, 15) is 4.39 Å². The Kier molecular flexibility index (Phi) is 4.29. The van der Waals surface area contributed by atoms with Gasteiger partial charge in [-0.15, -0.1) is 0 Å². The van der Waals surface area contributed by atoms with Crippen molar-refractivity contribution in [2.24, 2.45) is 12.8 Å². The fourth-order valence-electron chi connectivity index (χ4n) is 2.09. The topological polar surface area (TPSA) is 47.1 Å². The average Bonchev–Trinajstić information content (AvgIpc) is 2.71. The summed E-state index contributed by atoms with van der Waals surface area (Å²) in [5.74, 6) is -0.235. The highest BCUT2D eigenvalue weighted by atomic mass is 19.1. The lowest BCUT2D eigenvalue weighted by Crippen LogP contribution is -2.25. The lowest BCUT2D eigenvalue weighted by atomic mass is 10.1. The molecule has 0 aliphatic carbocycles. The molecule has 0 fully saturated rings. The Bertz CT molecular complexity index is 533. The van der Waals surface area contributed by atoms with Crippen LogP contribution >= 0.6 is 0 Å². The van der Waals surface area contributed by atoms with E-state index in [0.717, 1.165) is 29.9 Å². The summed E-state index contributed by atoms with van der Waals surface area (Å²) in [4.78, 5) is 2.14. The van der Waals surface area contributed by atoms with Crippen molar-refractivity contribution in [3.8, 4) is 11.3 Å². The van der Waals surface area contributed by atoms with Crippen molar-refractivity contribution >= 4 is 0 Å². The van der Waals surface area contributed by atoms with Gasteiger partial charge in [-0.25, -0.2) is 4.39 Å². The molecule has 0 aliphatic rings. The van der Waals surface area contributed by atoms with Gasteiger partial charge in [-0.1, -0.05) is 0 Å². The van der Waals surface area contributed by atoms with Crippen molar-refractivity contribution in [1.82, 2.24) is 14.7 Å². The first-order chi connectivity index (χ1) is 9.10. The predicted molar refractivity (Wildman–Crippen MR) is 74.0 cm³/mol. The molecule has 0 amide bonds. The number of nitrogens with zero attached hydrogens (tertiary/aromatic N) is 3. The number of rotatable bonds is 5. The van der Waals surface area contributed by atoms with Crippen LogP contribution in [0.5, 0.6) is 0 Å². The van der Waals surface area contributed by atoms with Crippen LogP contribution in [0.15, 0.2) is 30.5 Å². The molecular weight excluding hydrogens is 243 g/mol. The lowest BCUT2D eigenvalue weighted by Gasteiger charge is -2.14. The highest BCUT2D eigenvalue weighted by Crippen LogP contribution is 2.23. The maximum atomic E-state index is 13.0. The molecule has 5 heteroatoms. The highest BCUT2D eigenvalue weighted by molar-refractivity contribution is 5.62. The zero-order chi connectivity index (χ0) is 13.8. The largest absolute Gasteiger partial charge is 0.329 e. The third kappa shape index (κ3) is 3.39. The Morgan fingerprint density at radius 3 is 2.63 bits per heavy atom. The van der Waals surface area contributed by atoms with Gasteiger partial charge < -0.3 is 10.6 Å². The first kappa shape index (κ1) is 13.7. The van der Waals surface area contributed by atoms with Gasteiger partial charge >= 0.3 is 0 Å². The number of halogens is 1. The fraction of sp³-hybridized carbons (Fsp3) is 0.357. The number of hydrogen-bond acceptors (Lipinski definition) is 3. The van der Waals surface area contributed by atoms with Crippen molar-refractivity contribution in [3.05, 3.63) is 41.8 Å². The third-order valence-electron chi connectivity index (χ3n) is 2.97. The first-order valence-electron chi connectivity index (χ1n) is 6.27. The number of benzene rings is 1. The van der Waals surface area contributed by atoms with Gasteiger partial charge in [0, 0.05) is 44.0 Å². The van der Waals surface area contributed by atoms with Gasteiger partial charge in [0.05, 0.1) is 5.69 Å². The number of nitrogens with two attached hydrogens (primary N) is 1. The van der Waals surface area contributed by atoms with Crippen molar-refractivity contribution in [2.45, 2.75) is 6.54 Å². The molecule has 2 N–H and O–H groups in total. The molecule has 4 nitrogen and oxygen atoms in total. The summed E-state index contributed by atoms with van der Waals surface area (Å²) in [7, 11) is 3.91. The van der Waals surface area contributed by atoms with Crippen LogP contribution in [0.3, 0.4) is 0 Å². The van der Waals surface area contributed by atoms with E-state index in [2.05, 4.69) is 10.00 Å². The molecule has 0 saturated carbocycles. The molecule has 0 atom stereocenters. The van der Waals surface area contributed by atoms with E-state index in [-0.39, 0.29) is 5.82 Å². The smallest absolute Gasteiger partial charge is 0.123 e. The van der Waals surface area contributed by atoms with Gasteiger partial charge in [-0.05, 0) is 31.3 Å². The number of likely N-dealkylation sites (N-methyl/N-ethyl adjacent to an activating group) is 1. The molecule has 0 aliphatic heterocycles. The van der Waals surface area contributed by atoms with Gasteiger partial charge in [-0.3, -0.25) is 4.68 Å². The van der Waals surface area contributed by atoms with E-state index >= 15 is 0 Å². The molecule has 102 valence electrons. The minimum Gasteiger partial charge on any atom is -0.329 e. The summed E-state index contributed by atoms with van der Waals surface area (Å²) in [6.07, 6.45) is 1.99. The number of aromatic nitrogens is 2. The third-order valence-corrected chi connectivity index (χ3v) is 2.97. The quantitative estimate of drug-likeness (QED) is 0.890. The summed E-state index contributed by atoms with van der Waals surface area (Å²) in [6, 6.07) is 6.42. The normalized spacial score (nSPS) is 11.2. The molecule has 1 aromatic carbocycles. The monoisotopic (exact) mass is 262 g/mol. The fourth-order valence-corrected chi connectivity index (χ4v) is 2.09. The minimum absolute atomic E-state index is 0.235. The number of hydrogen-bond donors (Lipinski definition) is 1. The maximum Gasteiger partial charge on any atom is 0.123 e. The maximum absolute atomic E-state index is 13.0. The highest BCUT2D eigenvalue weighted by Gasteiger charge is 2.11. The Labute approximate surface area is 112 Å². The van der Waals surface area contributed by atoms with Crippen molar-refractivity contribution in [3.63, 3.8) is 0 Å². The molecule has 19 heavy (non-hydrogen) atoms. The predicted octanol–water partition coefficient (Wildman–Crippen LogP) is 1.62. The van der Waals surface area contributed by atoms with Crippen LogP contribution in [0.4, 0.5) is 4.39 Å². The molecule has 0 spiro atoms. The summed E-state index contributed by atoms with van der Waals surface area (Å²) >= 11 is 0. The second-order valence-electron chi connectivity index (χ2n) is 4.71. The van der Waals surface area contributed by atoms with Crippen LogP contribution in [0.2, 0.25) is 0 Å². The Balaban J connectivity index is 2.27. The Morgan fingerprint density at radius 1 is 1.32 bits per heavy atom. The molecule has 0 bridgehead atoms. The van der Waals surface area contributed by atoms with Crippen molar-refractivity contribution in [1.29, 1.82) is 0 Å². The number of aryl methyl sites for hydroxylation is 1. The van der Waals surface area contributed by atoms with Gasteiger partial charge in [0.25, 0.3) is 0 Å². The van der Waals surface area contributed by atoms with E-state index in [1.165, 1.54) is 12.1 Å². The summed E-state index contributed by atoms with van der Waals surface area (Å²) in [6.45, 7) is 2.23. The second-order valence-corrected chi connectivity index (χ2v) is 4.71. The van der Waals surface area contributed by atoms with Gasteiger partial charge in [0.15, 0.2) is 0 Å². The average molecular weight is 262 g/mol. The van der Waals surface area contributed by atoms with Crippen LogP contribution in [-0.4, -0.2) is 34.8 Å². The SMILES string of the molecule is CN(CCN)Cc1cn(C)nc1-c1ccc(F)cc1. The summed E-state index contributed by atoms with van der Waals surface area (Å²) in [5, 5.41) is 4.46. The second kappa shape index (κ2) is 5.95. The van der Waals surface area contributed by atoms with E-state index in [1.54, 1.807) is 16.8 Å². The van der Waals surface area contributed by atoms with Crippen molar-refractivity contribution in [2.75, 3.05) is 20.1 Å². The molecule has 2 rings (SSSR count). The molecule has 2 aromatic rings. The molecule has 0 unspecified atom stereocenters. The van der Waals surface area contributed by atoms with Crippen LogP contribution < -0.4 is 5.73 Å². The van der Waals surface area contributed by atoms with Crippen LogP contribution in [-0.2, 0) is 13.6 Å². The van der Waals surface area contributed by atoms with E-state index in [4.69, 9.17) is 5.73 Å². The summed E-state index contributed by atoms with van der Waals surface area (Å²) in [5.41, 5.74) is 8.49. The van der Waals surface area contributed by atoms with Crippen LogP contribution in [0.25, 0.3) is 11.3 Å².